The predicted octanol–water partition coefficient (Wildman–Crippen LogP) is 12.2. The van der Waals surface area contributed by atoms with Crippen molar-refractivity contribution in [2.45, 2.75) is 0 Å². The molecule has 10 rings (SSSR count). The van der Waals surface area contributed by atoms with Gasteiger partial charge in [0.2, 0.25) is 0 Å². The molecule has 0 saturated heterocycles. The Kier molecular flexibility index (Phi) is 6.49. The summed E-state index contributed by atoms with van der Waals surface area (Å²) in [5.41, 5.74) is 12.9. The minimum absolute atomic E-state index is 0.657. The highest BCUT2D eigenvalue weighted by Gasteiger charge is 2.26. The first-order valence-electron chi connectivity index (χ1n) is 17.0. The molecule has 0 unspecified atom stereocenters. The SMILES string of the molecule is c1ccc(-c2nc(-c3ccccc3)nc(-c3ccc(-c4cccc5c4-c4cccc6c(-c7ccccc7)ccc-5c46)c4ccccc34)n2)cc1. The number of rotatable bonds is 5. The minimum Gasteiger partial charge on any atom is -0.208 e. The molecule has 0 aliphatic heterocycles. The van der Waals surface area contributed by atoms with Crippen LogP contribution in [0.2, 0.25) is 0 Å². The van der Waals surface area contributed by atoms with Crippen molar-refractivity contribution in [1.82, 2.24) is 15.0 Å². The maximum absolute atomic E-state index is 5.07. The van der Waals surface area contributed by atoms with E-state index in [1.807, 2.05) is 60.7 Å². The van der Waals surface area contributed by atoms with E-state index < -0.39 is 0 Å². The summed E-state index contributed by atoms with van der Waals surface area (Å²) in [6.07, 6.45) is 0. The van der Waals surface area contributed by atoms with Gasteiger partial charge in [-0.15, -0.1) is 0 Å². The third kappa shape index (κ3) is 4.48. The first kappa shape index (κ1) is 28.3. The Labute approximate surface area is 290 Å². The second-order valence-electron chi connectivity index (χ2n) is 12.7. The summed E-state index contributed by atoms with van der Waals surface area (Å²) in [4.78, 5) is 15.1. The Morgan fingerprint density at radius 3 is 1.34 bits per heavy atom. The molecule has 1 aliphatic rings. The lowest BCUT2D eigenvalue weighted by Gasteiger charge is -2.16. The van der Waals surface area contributed by atoms with Gasteiger partial charge in [-0.25, -0.2) is 15.0 Å². The van der Waals surface area contributed by atoms with Crippen molar-refractivity contribution in [3.05, 3.63) is 176 Å². The van der Waals surface area contributed by atoms with Gasteiger partial charge in [0.25, 0.3) is 0 Å². The number of benzene rings is 8. The van der Waals surface area contributed by atoms with Gasteiger partial charge in [-0.1, -0.05) is 170 Å². The molecule has 0 N–H and O–H groups in total. The van der Waals surface area contributed by atoms with Gasteiger partial charge >= 0.3 is 0 Å². The molecule has 50 heavy (non-hydrogen) atoms. The second kappa shape index (κ2) is 11.5. The lowest BCUT2D eigenvalue weighted by atomic mass is 9.89. The first-order chi connectivity index (χ1) is 24.8. The van der Waals surface area contributed by atoms with Crippen molar-refractivity contribution < 1.29 is 0 Å². The van der Waals surface area contributed by atoms with Crippen molar-refractivity contribution in [2.24, 2.45) is 0 Å². The normalized spacial score (nSPS) is 11.6. The molecule has 232 valence electrons. The van der Waals surface area contributed by atoms with Crippen LogP contribution in [0.3, 0.4) is 0 Å². The quantitative estimate of drug-likeness (QED) is 0.189. The summed E-state index contributed by atoms with van der Waals surface area (Å²) in [7, 11) is 0. The zero-order valence-corrected chi connectivity index (χ0v) is 27.1. The summed E-state index contributed by atoms with van der Waals surface area (Å²) in [5, 5.41) is 4.87. The van der Waals surface area contributed by atoms with Crippen LogP contribution in [-0.4, -0.2) is 15.0 Å². The van der Waals surface area contributed by atoms with Crippen LogP contribution in [0, 0.1) is 0 Å². The molecule has 0 atom stereocenters. The zero-order valence-electron chi connectivity index (χ0n) is 27.1. The van der Waals surface area contributed by atoms with Gasteiger partial charge in [0.15, 0.2) is 17.5 Å². The molecule has 3 nitrogen and oxygen atoms in total. The summed E-state index contributed by atoms with van der Waals surface area (Å²) in [6.45, 7) is 0. The lowest BCUT2D eigenvalue weighted by Crippen LogP contribution is -2.00. The van der Waals surface area contributed by atoms with E-state index in [0.717, 1.165) is 27.5 Å². The molecule has 0 spiro atoms. The minimum atomic E-state index is 0.657. The van der Waals surface area contributed by atoms with Crippen molar-refractivity contribution >= 4 is 21.5 Å². The van der Waals surface area contributed by atoms with Gasteiger partial charge in [-0.2, -0.15) is 0 Å². The molecule has 8 aromatic carbocycles. The smallest absolute Gasteiger partial charge is 0.164 e. The average molecular weight is 636 g/mol. The molecular weight excluding hydrogens is 607 g/mol. The fraction of sp³-hybridized carbons (Fsp3) is 0. The van der Waals surface area contributed by atoms with Gasteiger partial charge in [0, 0.05) is 16.7 Å². The van der Waals surface area contributed by atoms with E-state index >= 15 is 0 Å². The molecule has 1 heterocycles. The molecule has 1 aromatic heterocycles. The Hall–Kier alpha value is -6.71. The van der Waals surface area contributed by atoms with Gasteiger partial charge in [-0.05, 0) is 72.1 Å². The maximum atomic E-state index is 5.07. The maximum Gasteiger partial charge on any atom is 0.164 e. The lowest BCUT2D eigenvalue weighted by molar-refractivity contribution is 1.08. The van der Waals surface area contributed by atoms with Crippen molar-refractivity contribution in [3.8, 4) is 78.7 Å². The molecule has 0 saturated carbocycles. The third-order valence-corrected chi connectivity index (χ3v) is 9.90. The fourth-order valence-electron chi connectivity index (χ4n) is 7.66. The fourth-order valence-corrected chi connectivity index (χ4v) is 7.66. The average Bonchev–Trinajstić information content (AvgIpc) is 3.53. The van der Waals surface area contributed by atoms with E-state index in [1.54, 1.807) is 0 Å². The van der Waals surface area contributed by atoms with Gasteiger partial charge in [0.05, 0.1) is 0 Å². The van der Waals surface area contributed by atoms with Crippen LogP contribution in [0.25, 0.3) is 100 Å². The molecule has 0 fully saturated rings. The van der Waals surface area contributed by atoms with Crippen molar-refractivity contribution in [2.75, 3.05) is 0 Å². The monoisotopic (exact) mass is 635 g/mol. The molecule has 9 aromatic rings. The van der Waals surface area contributed by atoms with Crippen LogP contribution in [-0.2, 0) is 0 Å². The number of nitrogens with zero attached hydrogens (tertiary/aromatic N) is 3. The van der Waals surface area contributed by atoms with Crippen molar-refractivity contribution in [3.63, 3.8) is 0 Å². The third-order valence-electron chi connectivity index (χ3n) is 9.90. The van der Waals surface area contributed by atoms with E-state index in [0.29, 0.717) is 17.5 Å². The highest BCUT2D eigenvalue weighted by molar-refractivity contribution is 6.22. The predicted molar refractivity (Wildman–Crippen MR) is 206 cm³/mol. The van der Waals surface area contributed by atoms with Crippen LogP contribution in [0.1, 0.15) is 0 Å². The highest BCUT2D eigenvalue weighted by atomic mass is 15.0. The topological polar surface area (TPSA) is 38.7 Å². The number of hydrogen-bond acceptors (Lipinski definition) is 3. The van der Waals surface area contributed by atoms with Crippen LogP contribution in [0.5, 0.6) is 0 Å². The van der Waals surface area contributed by atoms with Gasteiger partial charge in [-0.3, -0.25) is 0 Å². The number of aromatic nitrogens is 3. The number of fused-ring (bicyclic) bond motifs is 4. The summed E-state index contributed by atoms with van der Waals surface area (Å²) in [6, 6.07) is 62.1. The van der Waals surface area contributed by atoms with Crippen molar-refractivity contribution in [1.29, 1.82) is 0 Å². The molecule has 0 radical (unpaired) electrons. The largest absolute Gasteiger partial charge is 0.208 e. The Morgan fingerprint density at radius 1 is 0.240 bits per heavy atom. The second-order valence-corrected chi connectivity index (χ2v) is 12.7. The Bertz CT molecular complexity index is 2680. The van der Waals surface area contributed by atoms with Crippen LogP contribution in [0.15, 0.2) is 176 Å². The molecular formula is C47H29N3. The van der Waals surface area contributed by atoms with Gasteiger partial charge in [0.1, 0.15) is 0 Å². The number of hydrogen-bond donors (Lipinski definition) is 0. The van der Waals surface area contributed by atoms with Gasteiger partial charge < -0.3 is 0 Å². The van der Waals surface area contributed by atoms with Crippen LogP contribution in [0.4, 0.5) is 0 Å². The first-order valence-corrected chi connectivity index (χ1v) is 17.0. The highest BCUT2D eigenvalue weighted by Crippen LogP contribution is 2.53. The molecule has 3 heteroatoms. The molecule has 0 amide bonds. The van der Waals surface area contributed by atoms with E-state index in [9.17, 15) is 0 Å². The Morgan fingerprint density at radius 2 is 0.680 bits per heavy atom. The summed E-state index contributed by atoms with van der Waals surface area (Å²) >= 11 is 0. The van der Waals surface area contributed by atoms with Crippen LogP contribution < -0.4 is 0 Å². The van der Waals surface area contributed by atoms with E-state index in [4.69, 9.17) is 15.0 Å². The van der Waals surface area contributed by atoms with E-state index in [2.05, 4.69) is 115 Å². The standard InChI is InChI=1S/C47H29N3/c1-4-14-30(15-5-1)33-26-28-40-39-24-12-23-38(44(39)42-25-13-22-37(33)43(40)42)36-27-29-41(35-21-11-10-20-34(35)36)47-49-45(31-16-6-2-7-17-31)48-46(50-47)32-18-8-3-9-19-32/h1-29H. The summed E-state index contributed by atoms with van der Waals surface area (Å²) in [5.74, 6) is 1.97. The molecule has 0 bridgehead atoms. The van der Waals surface area contributed by atoms with E-state index in [-0.39, 0.29) is 0 Å². The molecule has 1 aliphatic carbocycles. The Balaban J connectivity index is 1.17. The summed E-state index contributed by atoms with van der Waals surface area (Å²) < 4.78 is 0. The zero-order chi connectivity index (χ0) is 33.0. The van der Waals surface area contributed by atoms with E-state index in [1.165, 1.54) is 55.3 Å². The van der Waals surface area contributed by atoms with Crippen LogP contribution >= 0.6 is 0 Å².